The average molecular weight is 465 g/mol. The fourth-order valence-corrected chi connectivity index (χ4v) is 3.87. The van der Waals surface area contributed by atoms with Crippen molar-refractivity contribution < 1.29 is 18.7 Å². The maximum atomic E-state index is 13.6. The summed E-state index contributed by atoms with van der Waals surface area (Å²) in [4.78, 5) is 24.3. The van der Waals surface area contributed by atoms with Crippen LogP contribution >= 0.6 is 15.9 Å². The second-order valence-electron chi connectivity index (χ2n) is 6.66. The van der Waals surface area contributed by atoms with E-state index >= 15 is 0 Å². The summed E-state index contributed by atoms with van der Waals surface area (Å²) in [7, 11) is 1.50. The highest BCUT2D eigenvalue weighted by Gasteiger charge is 2.21. The molecular weight excluding hydrogens is 439 g/mol. The monoisotopic (exact) mass is 464 g/mol. The van der Waals surface area contributed by atoms with E-state index in [2.05, 4.69) is 26.6 Å². The Balaban J connectivity index is 0.00000145. The van der Waals surface area contributed by atoms with Gasteiger partial charge in [0.15, 0.2) is 12.6 Å². The van der Waals surface area contributed by atoms with Crippen LogP contribution in [0.4, 0.5) is 10.1 Å². The third kappa shape index (κ3) is 6.11. The smallest absolute Gasteiger partial charge is 0.153 e. The summed E-state index contributed by atoms with van der Waals surface area (Å²) in [5.41, 5.74) is 6.21. The number of nitrogens with two attached hydrogens (primary N) is 1. The van der Waals surface area contributed by atoms with E-state index in [0.29, 0.717) is 30.1 Å². The number of benzene rings is 2. The minimum absolute atomic E-state index is 0.0389. The van der Waals surface area contributed by atoms with Crippen molar-refractivity contribution in [3.63, 3.8) is 0 Å². The van der Waals surface area contributed by atoms with Crippen LogP contribution in [0.15, 0.2) is 40.9 Å². The van der Waals surface area contributed by atoms with Crippen molar-refractivity contribution >= 4 is 34.2 Å². The quantitative estimate of drug-likeness (QED) is 0.611. The first kappa shape index (κ1) is 23.0. The largest absolute Gasteiger partial charge is 0.493 e. The number of carbonyl (C=O) groups excluding carboxylic acids is 2. The first-order chi connectivity index (χ1) is 14.1. The molecular formula is C22H26BrFN2O3. The van der Waals surface area contributed by atoms with Gasteiger partial charge in [0.05, 0.1) is 17.7 Å². The van der Waals surface area contributed by atoms with Gasteiger partial charge in [-0.15, -0.1) is 0 Å². The zero-order chi connectivity index (χ0) is 21.2. The first-order valence-corrected chi connectivity index (χ1v) is 10.4. The maximum Gasteiger partial charge on any atom is 0.153 e. The van der Waals surface area contributed by atoms with Gasteiger partial charge in [-0.25, -0.2) is 4.39 Å². The molecule has 2 aromatic rings. The normalized spacial score (nSPS) is 14.0. The highest BCUT2D eigenvalue weighted by atomic mass is 79.9. The second-order valence-corrected chi connectivity index (χ2v) is 7.51. The van der Waals surface area contributed by atoms with Gasteiger partial charge in [-0.1, -0.05) is 6.07 Å². The van der Waals surface area contributed by atoms with Gasteiger partial charge in [0, 0.05) is 29.3 Å². The molecule has 5 nitrogen and oxygen atoms in total. The fraction of sp³-hybridized carbons (Fsp3) is 0.364. The molecule has 3 rings (SSSR count). The van der Waals surface area contributed by atoms with Crippen LogP contribution in [0.2, 0.25) is 0 Å². The Morgan fingerprint density at radius 1 is 1.17 bits per heavy atom. The van der Waals surface area contributed by atoms with Crippen molar-refractivity contribution in [3.05, 3.63) is 57.8 Å². The maximum absolute atomic E-state index is 13.6. The average Bonchev–Trinajstić information content (AvgIpc) is 2.76. The lowest BCUT2D eigenvalue weighted by Gasteiger charge is -2.34. The SMILES string of the molecule is CN.O=Cc1ccc(OCCC2CCN(c3cccc(Br)c3C=O)CC2)cc1F. The number of nitrogens with zero attached hydrogens (tertiary/aromatic N) is 1. The van der Waals surface area contributed by atoms with Crippen LogP contribution in [0, 0.1) is 11.7 Å². The van der Waals surface area contributed by atoms with Crippen LogP contribution in [0.25, 0.3) is 0 Å². The lowest BCUT2D eigenvalue weighted by Crippen LogP contribution is -2.34. The number of carbonyl (C=O) groups is 2. The molecule has 7 heteroatoms. The van der Waals surface area contributed by atoms with Gasteiger partial charge in [-0.3, -0.25) is 9.59 Å². The molecule has 0 aliphatic carbocycles. The summed E-state index contributed by atoms with van der Waals surface area (Å²) in [5.74, 6) is 0.420. The third-order valence-electron chi connectivity index (χ3n) is 5.00. The van der Waals surface area contributed by atoms with E-state index in [4.69, 9.17) is 4.74 Å². The van der Waals surface area contributed by atoms with Crippen LogP contribution in [-0.4, -0.2) is 39.3 Å². The molecule has 2 aromatic carbocycles. The van der Waals surface area contributed by atoms with Gasteiger partial charge >= 0.3 is 0 Å². The molecule has 1 saturated heterocycles. The van der Waals surface area contributed by atoms with E-state index in [1.807, 2.05) is 18.2 Å². The van der Waals surface area contributed by atoms with Crippen molar-refractivity contribution in [1.82, 2.24) is 0 Å². The number of hydrogen-bond acceptors (Lipinski definition) is 5. The lowest BCUT2D eigenvalue weighted by molar-refractivity contribution is 0.111. The fourth-order valence-electron chi connectivity index (χ4n) is 3.42. The van der Waals surface area contributed by atoms with Gasteiger partial charge in [0.1, 0.15) is 11.6 Å². The molecule has 156 valence electrons. The van der Waals surface area contributed by atoms with Crippen molar-refractivity contribution in [2.24, 2.45) is 11.7 Å². The predicted octanol–water partition coefficient (Wildman–Crippen LogP) is 4.47. The van der Waals surface area contributed by atoms with E-state index in [1.54, 1.807) is 6.07 Å². The summed E-state index contributed by atoms with van der Waals surface area (Å²) >= 11 is 3.44. The highest BCUT2D eigenvalue weighted by Crippen LogP contribution is 2.30. The van der Waals surface area contributed by atoms with Crippen molar-refractivity contribution in [2.75, 3.05) is 31.6 Å². The molecule has 1 aliphatic rings. The Hall–Kier alpha value is -2.25. The Morgan fingerprint density at radius 3 is 2.52 bits per heavy atom. The lowest BCUT2D eigenvalue weighted by atomic mass is 9.93. The predicted molar refractivity (Wildman–Crippen MR) is 116 cm³/mol. The van der Waals surface area contributed by atoms with Crippen LogP contribution in [0.1, 0.15) is 40.0 Å². The number of aldehydes is 2. The van der Waals surface area contributed by atoms with E-state index in [9.17, 15) is 14.0 Å². The van der Waals surface area contributed by atoms with Gasteiger partial charge in [-0.2, -0.15) is 0 Å². The Morgan fingerprint density at radius 2 is 1.90 bits per heavy atom. The molecule has 0 spiro atoms. The van der Waals surface area contributed by atoms with Crippen LogP contribution in [0.3, 0.4) is 0 Å². The molecule has 1 fully saturated rings. The number of piperidine rings is 1. The van der Waals surface area contributed by atoms with Crippen LogP contribution in [-0.2, 0) is 0 Å². The van der Waals surface area contributed by atoms with Crippen molar-refractivity contribution in [1.29, 1.82) is 0 Å². The second kappa shape index (κ2) is 11.7. The standard InChI is InChI=1S/C21H21BrFNO3.CH5N/c22-19-2-1-3-21(18(19)14-26)24-9-6-15(7-10-24)8-11-27-17-5-4-16(13-25)20(23)12-17;1-2/h1-5,12-15H,6-11H2;2H2,1H3. The first-order valence-electron chi connectivity index (χ1n) is 9.56. The van der Waals surface area contributed by atoms with Crippen molar-refractivity contribution in [3.8, 4) is 5.75 Å². The van der Waals surface area contributed by atoms with Gasteiger partial charge in [0.2, 0.25) is 0 Å². The Labute approximate surface area is 179 Å². The summed E-state index contributed by atoms with van der Waals surface area (Å²) in [5, 5.41) is 0. The summed E-state index contributed by atoms with van der Waals surface area (Å²) < 4.78 is 20.0. The molecule has 0 unspecified atom stereocenters. The highest BCUT2D eigenvalue weighted by molar-refractivity contribution is 9.10. The number of hydrogen-bond donors (Lipinski definition) is 1. The summed E-state index contributed by atoms with van der Waals surface area (Å²) in [6, 6.07) is 10.1. The number of ether oxygens (including phenoxy) is 1. The molecule has 1 aliphatic heterocycles. The number of rotatable bonds is 7. The molecule has 2 N–H and O–H groups in total. The van der Waals surface area contributed by atoms with E-state index < -0.39 is 5.82 Å². The van der Waals surface area contributed by atoms with Crippen LogP contribution < -0.4 is 15.4 Å². The number of anilines is 1. The third-order valence-corrected chi connectivity index (χ3v) is 5.69. The van der Waals surface area contributed by atoms with E-state index in [-0.39, 0.29) is 5.56 Å². The Bertz CT molecular complexity index is 824. The molecule has 0 aromatic heterocycles. The number of halogens is 2. The molecule has 0 amide bonds. The summed E-state index contributed by atoms with van der Waals surface area (Å²) in [6.07, 6.45) is 4.33. The Kier molecular flexibility index (Phi) is 9.28. The molecule has 0 atom stereocenters. The van der Waals surface area contributed by atoms with Gasteiger partial charge in [0.25, 0.3) is 0 Å². The van der Waals surface area contributed by atoms with Gasteiger partial charge < -0.3 is 15.4 Å². The van der Waals surface area contributed by atoms with E-state index in [0.717, 1.165) is 48.8 Å². The van der Waals surface area contributed by atoms with Crippen LogP contribution in [0.5, 0.6) is 5.75 Å². The zero-order valence-corrected chi connectivity index (χ0v) is 18.0. The minimum atomic E-state index is -0.559. The molecule has 0 radical (unpaired) electrons. The van der Waals surface area contributed by atoms with E-state index in [1.165, 1.54) is 19.2 Å². The topological polar surface area (TPSA) is 72.6 Å². The van der Waals surface area contributed by atoms with Crippen molar-refractivity contribution in [2.45, 2.75) is 19.3 Å². The summed E-state index contributed by atoms with van der Waals surface area (Å²) in [6.45, 7) is 2.30. The minimum Gasteiger partial charge on any atom is -0.493 e. The zero-order valence-electron chi connectivity index (χ0n) is 16.4. The molecule has 0 bridgehead atoms. The molecule has 1 heterocycles. The molecule has 0 saturated carbocycles. The molecule has 29 heavy (non-hydrogen) atoms. The van der Waals surface area contributed by atoms with Gasteiger partial charge in [-0.05, 0) is 72.4 Å².